The molecule has 159 valence electrons. The first-order valence-corrected chi connectivity index (χ1v) is 11.3. The van der Waals surface area contributed by atoms with Crippen LogP contribution in [-0.2, 0) is 50.5 Å². The summed E-state index contributed by atoms with van der Waals surface area (Å²) in [6.45, 7) is 11.7. The third-order valence-corrected chi connectivity index (χ3v) is 6.68. The molecule has 0 saturated carbocycles. The Morgan fingerprint density at radius 2 is 1.57 bits per heavy atom. The molecule has 0 aromatic heterocycles. The zero-order valence-electron chi connectivity index (χ0n) is 19.2. The normalized spacial score (nSPS) is 16.4. The van der Waals surface area contributed by atoms with Gasteiger partial charge in [-0.2, -0.15) is 0 Å². The second-order valence-corrected chi connectivity index (χ2v) is 8.74. The smallest absolute Gasteiger partial charge is 0.282 e. The van der Waals surface area contributed by atoms with Crippen LogP contribution < -0.4 is 5.32 Å². The molecule has 4 heteroatoms. The van der Waals surface area contributed by atoms with Crippen LogP contribution in [0.1, 0.15) is 61.8 Å². The van der Waals surface area contributed by atoms with Crippen molar-refractivity contribution in [1.82, 2.24) is 0 Å². The number of para-hydroxylation sites is 1. The molecule has 1 fully saturated rings. The Morgan fingerprint density at radius 1 is 0.967 bits per heavy atom. The summed E-state index contributed by atoms with van der Waals surface area (Å²) in [5, 5.41) is 3.31. The molecular formula is C26H37N2OY+. The molecule has 1 unspecified atom stereocenters. The fourth-order valence-corrected chi connectivity index (χ4v) is 5.07. The van der Waals surface area contributed by atoms with Gasteiger partial charge in [-0.25, -0.2) is 0 Å². The zero-order valence-corrected chi connectivity index (χ0v) is 22.0. The topological polar surface area (TPSA) is 29.1 Å². The van der Waals surface area contributed by atoms with Crippen molar-refractivity contribution in [2.75, 3.05) is 18.4 Å². The maximum atomic E-state index is 13.5. The van der Waals surface area contributed by atoms with Crippen molar-refractivity contribution in [1.29, 1.82) is 0 Å². The number of rotatable bonds is 7. The maximum absolute atomic E-state index is 13.5. The number of piperidine rings is 1. The second-order valence-electron chi connectivity index (χ2n) is 8.74. The molecule has 3 rings (SSSR count). The van der Waals surface area contributed by atoms with Crippen molar-refractivity contribution in [3.8, 4) is 0 Å². The number of quaternary nitrogens is 1. The number of carbonyl (C=O) groups excluding carboxylic acids is 1. The van der Waals surface area contributed by atoms with Crippen LogP contribution in [0, 0.1) is 13.8 Å². The van der Waals surface area contributed by atoms with Crippen molar-refractivity contribution in [3.05, 3.63) is 64.7 Å². The zero-order chi connectivity index (χ0) is 20.9. The molecule has 1 aliphatic heterocycles. The van der Waals surface area contributed by atoms with Crippen LogP contribution in [0.5, 0.6) is 0 Å². The van der Waals surface area contributed by atoms with Gasteiger partial charge in [-0.3, -0.25) is 4.79 Å². The largest absolute Gasteiger partial charge is 0.320 e. The Balaban J connectivity index is 0.00000320. The average molecular weight is 483 g/mol. The fraction of sp³-hybridized carbons (Fsp3) is 0.500. The Bertz CT molecular complexity index is 822. The minimum absolute atomic E-state index is 0. The summed E-state index contributed by atoms with van der Waals surface area (Å²) in [7, 11) is 0. The van der Waals surface area contributed by atoms with Crippen molar-refractivity contribution in [2.24, 2.45) is 0 Å². The molecule has 1 atom stereocenters. The Morgan fingerprint density at radius 3 is 2.17 bits per heavy atom. The van der Waals surface area contributed by atoms with Crippen LogP contribution in [0.15, 0.2) is 42.5 Å². The number of carbonyl (C=O) groups is 1. The van der Waals surface area contributed by atoms with Gasteiger partial charge in [0.25, 0.3) is 5.91 Å². The van der Waals surface area contributed by atoms with E-state index in [4.69, 9.17) is 0 Å². The van der Waals surface area contributed by atoms with E-state index in [-0.39, 0.29) is 44.7 Å². The van der Waals surface area contributed by atoms with Crippen molar-refractivity contribution in [2.45, 2.75) is 72.4 Å². The molecule has 0 bridgehead atoms. The maximum Gasteiger partial charge on any atom is 0.282 e. The number of hydrogen-bond acceptors (Lipinski definition) is 1. The number of benzene rings is 2. The van der Waals surface area contributed by atoms with Gasteiger partial charge in [0.05, 0.1) is 13.1 Å². The van der Waals surface area contributed by atoms with Gasteiger partial charge in [-0.05, 0) is 56.2 Å². The molecule has 2 aromatic rings. The first-order valence-electron chi connectivity index (χ1n) is 11.3. The van der Waals surface area contributed by atoms with E-state index < -0.39 is 0 Å². The van der Waals surface area contributed by atoms with Gasteiger partial charge < -0.3 is 9.80 Å². The number of hydrogen-bond donors (Lipinski definition) is 1. The molecule has 1 radical (unpaired) electrons. The predicted octanol–water partition coefficient (Wildman–Crippen LogP) is 5.78. The van der Waals surface area contributed by atoms with Gasteiger partial charge in [0.2, 0.25) is 0 Å². The molecule has 1 aliphatic rings. The first kappa shape index (κ1) is 25.2. The summed E-state index contributed by atoms with van der Waals surface area (Å²) >= 11 is 0. The van der Waals surface area contributed by atoms with E-state index in [1.54, 1.807) is 0 Å². The third kappa shape index (κ3) is 5.81. The molecule has 1 N–H and O–H groups in total. The second kappa shape index (κ2) is 11.6. The summed E-state index contributed by atoms with van der Waals surface area (Å²) in [4.78, 5) is 13.5. The summed E-state index contributed by atoms with van der Waals surface area (Å²) in [6.07, 6.45) is 5.62. The molecule has 3 nitrogen and oxygen atoms in total. The fourth-order valence-electron chi connectivity index (χ4n) is 5.07. The standard InChI is InChI=1S/C26H36N2O.Y/c1-5-22-14-11-15-23(18-22)19-28(16-8-7-9-17-28)24(6-2)26(29)27-25-20(3)12-10-13-21(25)4;/h10-15,18,24H,5-9,16-17,19H2,1-4H3;/p+1. The van der Waals surface area contributed by atoms with E-state index >= 15 is 0 Å². The van der Waals surface area contributed by atoms with Gasteiger partial charge in [0.1, 0.15) is 6.54 Å². The average Bonchev–Trinajstić information content (AvgIpc) is 2.72. The van der Waals surface area contributed by atoms with Crippen LogP contribution in [0.25, 0.3) is 0 Å². The quantitative estimate of drug-likeness (QED) is 0.498. The van der Waals surface area contributed by atoms with Crippen molar-refractivity contribution >= 4 is 11.6 Å². The van der Waals surface area contributed by atoms with E-state index in [9.17, 15) is 4.79 Å². The molecule has 2 aromatic carbocycles. The van der Waals surface area contributed by atoms with E-state index in [1.807, 2.05) is 0 Å². The summed E-state index contributed by atoms with van der Waals surface area (Å²) in [5.41, 5.74) is 6.00. The van der Waals surface area contributed by atoms with Gasteiger partial charge >= 0.3 is 0 Å². The van der Waals surface area contributed by atoms with E-state index in [2.05, 4.69) is 75.5 Å². The monoisotopic (exact) mass is 482 g/mol. The Kier molecular flexibility index (Phi) is 9.72. The number of anilines is 1. The molecular weight excluding hydrogens is 445 g/mol. The van der Waals surface area contributed by atoms with Crippen LogP contribution in [0.4, 0.5) is 5.69 Å². The number of amides is 1. The van der Waals surface area contributed by atoms with Gasteiger partial charge in [-0.15, -0.1) is 0 Å². The van der Waals surface area contributed by atoms with E-state index in [0.717, 1.165) is 53.8 Å². The van der Waals surface area contributed by atoms with Crippen molar-refractivity contribution in [3.63, 3.8) is 0 Å². The van der Waals surface area contributed by atoms with Crippen LogP contribution in [0.3, 0.4) is 0 Å². The first-order chi connectivity index (χ1) is 14.0. The number of aryl methyl sites for hydroxylation is 3. The minimum atomic E-state index is -0.0143. The van der Waals surface area contributed by atoms with Crippen molar-refractivity contribution < 1.29 is 42.0 Å². The van der Waals surface area contributed by atoms with Gasteiger partial charge in [0.15, 0.2) is 6.04 Å². The van der Waals surface area contributed by atoms with E-state index in [0.29, 0.717) is 0 Å². The van der Waals surface area contributed by atoms with Gasteiger partial charge in [0, 0.05) is 50.4 Å². The Labute approximate surface area is 208 Å². The number of likely N-dealkylation sites (tertiary alicyclic amines) is 1. The van der Waals surface area contributed by atoms with Gasteiger partial charge in [-0.1, -0.05) is 56.3 Å². The van der Waals surface area contributed by atoms with Crippen LogP contribution in [0.2, 0.25) is 0 Å². The van der Waals surface area contributed by atoms with Crippen LogP contribution in [-0.4, -0.2) is 29.5 Å². The molecule has 1 amide bonds. The minimum Gasteiger partial charge on any atom is -0.320 e. The molecule has 1 saturated heterocycles. The number of nitrogens with zero attached hydrogens (tertiary/aromatic N) is 1. The molecule has 0 spiro atoms. The summed E-state index contributed by atoms with van der Waals surface area (Å²) in [6, 6.07) is 15.1. The predicted molar refractivity (Wildman–Crippen MR) is 122 cm³/mol. The summed E-state index contributed by atoms with van der Waals surface area (Å²) < 4.78 is 0.889. The molecule has 1 heterocycles. The molecule has 0 aliphatic carbocycles. The van der Waals surface area contributed by atoms with E-state index in [1.165, 1.54) is 30.4 Å². The SMILES string of the molecule is CCc1cccc(C[N+]2(C(CC)C(=O)Nc3c(C)cccc3C)CCCCC2)c1.[Y]. The Hall–Kier alpha value is -1.03. The molecule has 30 heavy (non-hydrogen) atoms. The third-order valence-electron chi connectivity index (χ3n) is 6.68. The summed E-state index contributed by atoms with van der Waals surface area (Å²) in [5.74, 6) is 0.179. The van der Waals surface area contributed by atoms with Crippen LogP contribution >= 0.6 is 0 Å². The number of nitrogens with one attached hydrogen (secondary N) is 1.